The Kier molecular flexibility index (Phi) is 2.37. The van der Waals surface area contributed by atoms with E-state index in [0.29, 0.717) is 11.5 Å². The van der Waals surface area contributed by atoms with Crippen molar-refractivity contribution in [2.45, 2.75) is 38.1 Å². The molecular formula is C11H16N2. The summed E-state index contributed by atoms with van der Waals surface area (Å²) in [7, 11) is 0. The Bertz CT molecular complexity index is 237. The fourth-order valence-corrected chi connectivity index (χ4v) is 1.91. The molecule has 0 aliphatic heterocycles. The van der Waals surface area contributed by atoms with Gasteiger partial charge in [0.05, 0.1) is 6.07 Å². The van der Waals surface area contributed by atoms with Gasteiger partial charge in [0.15, 0.2) is 0 Å². The minimum Gasteiger partial charge on any atom is -0.313 e. The summed E-state index contributed by atoms with van der Waals surface area (Å²) >= 11 is 0. The Morgan fingerprint density at radius 2 is 2.08 bits per heavy atom. The van der Waals surface area contributed by atoms with Crippen molar-refractivity contribution in [3.63, 3.8) is 0 Å². The average molecular weight is 176 g/mol. The van der Waals surface area contributed by atoms with Crippen LogP contribution in [0.1, 0.15) is 32.1 Å². The minimum atomic E-state index is 0.358. The van der Waals surface area contributed by atoms with E-state index in [-0.39, 0.29) is 0 Å². The van der Waals surface area contributed by atoms with Gasteiger partial charge in [-0.3, -0.25) is 0 Å². The highest BCUT2D eigenvalue weighted by molar-refractivity contribution is 5.03. The number of nitrogens with zero attached hydrogens (tertiary/aromatic N) is 1. The highest BCUT2D eigenvalue weighted by Gasteiger charge is 2.42. The zero-order valence-corrected chi connectivity index (χ0v) is 7.92. The van der Waals surface area contributed by atoms with Crippen LogP contribution in [0.15, 0.2) is 12.2 Å². The van der Waals surface area contributed by atoms with Gasteiger partial charge in [0.25, 0.3) is 0 Å². The molecule has 2 heteroatoms. The smallest absolute Gasteiger partial charge is 0.0628 e. The molecule has 0 heterocycles. The van der Waals surface area contributed by atoms with Gasteiger partial charge >= 0.3 is 0 Å². The van der Waals surface area contributed by atoms with Gasteiger partial charge in [-0.2, -0.15) is 5.26 Å². The standard InChI is InChI=1S/C11H16N2/c12-8-7-11(5-6-11)9-13-10-3-1-2-4-10/h1-2,10,13H,3-7,9H2. The van der Waals surface area contributed by atoms with Crippen LogP contribution in [0.2, 0.25) is 0 Å². The van der Waals surface area contributed by atoms with Crippen molar-refractivity contribution in [1.29, 1.82) is 5.26 Å². The summed E-state index contributed by atoms with van der Waals surface area (Å²) in [5.74, 6) is 0. The lowest BCUT2D eigenvalue weighted by Gasteiger charge is -2.16. The van der Waals surface area contributed by atoms with Crippen molar-refractivity contribution < 1.29 is 0 Å². The highest BCUT2D eigenvalue weighted by atomic mass is 14.9. The molecule has 13 heavy (non-hydrogen) atoms. The van der Waals surface area contributed by atoms with Gasteiger partial charge in [0.1, 0.15) is 0 Å². The van der Waals surface area contributed by atoms with Gasteiger partial charge in [0.2, 0.25) is 0 Å². The molecular weight excluding hydrogens is 160 g/mol. The normalized spacial score (nSPS) is 24.5. The zero-order valence-electron chi connectivity index (χ0n) is 7.92. The molecule has 0 aromatic heterocycles. The van der Waals surface area contributed by atoms with Gasteiger partial charge in [-0.1, -0.05) is 12.2 Å². The number of nitrogens with one attached hydrogen (secondary N) is 1. The van der Waals surface area contributed by atoms with E-state index in [1.807, 2.05) is 0 Å². The summed E-state index contributed by atoms with van der Waals surface area (Å²) in [6.07, 6.45) is 10.0. The molecule has 0 saturated heterocycles. The molecule has 0 aromatic rings. The molecule has 2 nitrogen and oxygen atoms in total. The van der Waals surface area contributed by atoms with Crippen LogP contribution in [0.25, 0.3) is 0 Å². The topological polar surface area (TPSA) is 35.8 Å². The molecule has 0 bridgehead atoms. The second-order valence-corrected chi connectivity index (χ2v) is 4.36. The molecule has 2 aliphatic rings. The van der Waals surface area contributed by atoms with E-state index >= 15 is 0 Å². The van der Waals surface area contributed by atoms with Crippen LogP contribution in [0, 0.1) is 16.7 Å². The first kappa shape index (κ1) is 8.77. The van der Waals surface area contributed by atoms with E-state index in [9.17, 15) is 0 Å². The Morgan fingerprint density at radius 1 is 1.38 bits per heavy atom. The van der Waals surface area contributed by atoms with Crippen LogP contribution >= 0.6 is 0 Å². The van der Waals surface area contributed by atoms with Gasteiger partial charge in [0, 0.05) is 19.0 Å². The van der Waals surface area contributed by atoms with E-state index < -0.39 is 0 Å². The molecule has 0 aromatic carbocycles. The Morgan fingerprint density at radius 3 is 2.62 bits per heavy atom. The Labute approximate surface area is 79.6 Å². The highest BCUT2D eigenvalue weighted by Crippen LogP contribution is 2.48. The van der Waals surface area contributed by atoms with Crippen molar-refractivity contribution >= 4 is 0 Å². The van der Waals surface area contributed by atoms with E-state index in [1.54, 1.807) is 0 Å². The summed E-state index contributed by atoms with van der Waals surface area (Å²) in [6.45, 7) is 1.05. The number of rotatable bonds is 4. The van der Waals surface area contributed by atoms with Gasteiger partial charge in [-0.25, -0.2) is 0 Å². The summed E-state index contributed by atoms with van der Waals surface area (Å²) in [5, 5.41) is 12.2. The van der Waals surface area contributed by atoms with Crippen LogP contribution in [-0.2, 0) is 0 Å². The van der Waals surface area contributed by atoms with E-state index in [2.05, 4.69) is 23.5 Å². The largest absolute Gasteiger partial charge is 0.313 e. The molecule has 0 radical (unpaired) electrons. The second kappa shape index (κ2) is 3.51. The van der Waals surface area contributed by atoms with Crippen LogP contribution in [0.5, 0.6) is 0 Å². The van der Waals surface area contributed by atoms with Crippen LogP contribution < -0.4 is 5.32 Å². The molecule has 0 unspecified atom stereocenters. The molecule has 0 spiro atoms. The number of hydrogen-bond acceptors (Lipinski definition) is 2. The van der Waals surface area contributed by atoms with Gasteiger partial charge in [-0.15, -0.1) is 0 Å². The third-order valence-corrected chi connectivity index (χ3v) is 3.18. The quantitative estimate of drug-likeness (QED) is 0.665. The van der Waals surface area contributed by atoms with Crippen molar-refractivity contribution in [1.82, 2.24) is 5.32 Å². The third-order valence-electron chi connectivity index (χ3n) is 3.18. The van der Waals surface area contributed by atoms with Crippen molar-refractivity contribution in [3.05, 3.63) is 12.2 Å². The first-order valence-corrected chi connectivity index (χ1v) is 5.10. The molecule has 0 atom stereocenters. The van der Waals surface area contributed by atoms with Crippen molar-refractivity contribution in [3.8, 4) is 6.07 Å². The van der Waals surface area contributed by atoms with Crippen LogP contribution in [0.3, 0.4) is 0 Å². The summed E-state index contributed by atoms with van der Waals surface area (Å²) in [4.78, 5) is 0. The van der Waals surface area contributed by atoms with Crippen molar-refractivity contribution in [2.24, 2.45) is 5.41 Å². The first-order valence-electron chi connectivity index (χ1n) is 5.10. The van der Waals surface area contributed by atoms with Gasteiger partial charge < -0.3 is 5.32 Å². The fraction of sp³-hybridized carbons (Fsp3) is 0.727. The second-order valence-electron chi connectivity index (χ2n) is 4.36. The predicted molar refractivity (Wildman–Crippen MR) is 52.1 cm³/mol. The van der Waals surface area contributed by atoms with E-state index in [4.69, 9.17) is 5.26 Å². The Balaban J connectivity index is 1.70. The Hall–Kier alpha value is -0.810. The van der Waals surface area contributed by atoms with E-state index in [1.165, 1.54) is 25.7 Å². The maximum Gasteiger partial charge on any atom is 0.0628 e. The maximum atomic E-state index is 8.64. The van der Waals surface area contributed by atoms with E-state index in [0.717, 1.165) is 13.0 Å². The molecule has 1 fully saturated rings. The van der Waals surface area contributed by atoms with Crippen LogP contribution in [0.4, 0.5) is 0 Å². The minimum absolute atomic E-state index is 0.358. The average Bonchev–Trinajstić information content (AvgIpc) is 2.71. The summed E-state index contributed by atoms with van der Waals surface area (Å²) in [6, 6.07) is 2.94. The molecule has 1 saturated carbocycles. The maximum absolute atomic E-state index is 8.64. The summed E-state index contributed by atoms with van der Waals surface area (Å²) < 4.78 is 0. The number of hydrogen-bond donors (Lipinski definition) is 1. The lowest BCUT2D eigenvalue weighted by atomic mass is 10.0. The molecule has 0 amide bonds. The molecule has 70 valence electrons. The SMILES string of the molecule is N#CCC1(CNC2CC=CC2)CC1. The van der Waals surface area contributed by atoms with Gasteiger partial charge in [-0.05, 0) is 31.1 Å². The van der Waals surface area contributed by atoms with Crippen LogP contribution in [-0.4, -0.2) is 12.6 Å². The molecule has 2 aliphatic carbocycles. The fourth-order valence-electron chi connectivity index (χ4n) is 1.91. The monoisotopic (exact) mass is 176 g/mol. The van der Waals surface area contributed by atoms with Crippen molar-refractivity contribution in [2.75, 3.05) is 6.54 Å². The molecule has 2 rings (SSSR count). The lowest BCUT2D eigenvalue weighted by molar-refractivity contribution is 0.422. The molecule has 1 N–H and O–H groups in total. The summed E-state index contributed by atoms with van der Waals surface area (Å²) in [5.41, 5.74) is 0.358. The predicted octanol–water partition coefficient (Wildman–Crippen LogP) is 1.99. The lowest BCUT2D eigenvalue weighted by Crippen LogP contribution is -2.32. The number of nitriles is 1. The zero-order chi connectivity index (χ0) is 9.15. The first-order chi connectivity index (χ1) is 6.35. The third kappa shape index (κ3) is 2.10.